The summed E-state index contributed by atoms with van der Waals surface area (Å²) in [6.07, 6.45) is 3.53. The number of hydrogen-bond acceptors (Lipinski definition) is 2. The number of carbonyl (C=O) groups excluding carboxylic acids is 1. The summed E-state index contributed by atoms with van der Waals surface area (Å²) in [7, 11) is 0. The van der Waals surface area contributed by atoms with Crippen LogP contribution in [-0.4, -0.2) is 29.4 Å². The molecule has 1 fully saturated rings. The van der Waals surface area contributed by atoms with E-state index in [1.54, 1.807) is 6.92 Å². The Kier molecular flexibility index (Phi) is 3.93. The lowest BCUT2D eigenvalue weighted by Crippen LogP contribution is -2.50. The van der Waals surface area contributed by atoms with Crippen molar-refractivity contribution in [2.75, 3.05) is 6.54 Å². The second kappa shape index (κ2) is 4.78. The summed E-state index contributed by atoms with van der Waals surface area (Å²) in [5.74, 6) is 0.782. The quantitative estimate of drug-likeness (QED) is 0.728. The molecule has 3 atom stereocenters. The van der Waals surface area contributed by atoms with E-state index < -0.39 is 0 Å². The second-order valence-electron chi connectivity index (χ2n) is 4.48. The van der Waals surface area contributed by atoms with Crippen molar-refractivity contribution in [3.8, 4) is 0 Å². The molecule has 1 rings (SSSR count). The van der Waals surface area contributed by atoms with Crippen molar-refractivity contribution in [3.05, 3.63) is 0 Å². The number of likely N-dealkylation sites (tertiary alicyclic amines) is 1. The van der Waals surface area contributed by atoms with Crippen LogP contribution in [0.15, 0.2) is 0 Å². The second-order valence-corrected chi connectivity index (χ2v) is 4.48. The van der Waals surface area contributed by atoms with Gasteiger partial charge in [-0.25, -0.2) is 0 Å². The summed E-state index contributed by atoms with van der Waals surface area (Å²) < 4.78 is 0. The molecular formula is C11H22N2O. The van der Waals surface area contributed by atoms with E-state index >= 15 is 0 Å². The predicted octanol–water partition coefficient (Wildman–Crippen LogP) is 1.37. The molecule has 1 heterocycles. The van der Waals surface area contributed by atoms with Crippen molar-refractivity contribution < 1.29 is 4.79 Å². The van der Waals surface area contributed by atoms with Gasteiger partial charge in [0.15, 0.2) is 0 Å². The monoisotopic (exact) mass is 198 g/mol. The minimum atomic E-state index is -0.354. The molecule has 14 heavy (non-hydrogen) atoms. The third-order valence-electron chi connectivity index (χ3n) is 3.23. The largest absolute Gasteiger partial charge is 0.338 e. The Morgan fingerprint density at radius 3 is 2.71 bits per heavy atom. The highest BCUT2D eigenvalue weighted by Gasteiger charge is 2.29. The number of piperidine rings is 1. The molecule has 82 valence electrons. The van der Waals surface area contributed by atoms with Crippen LogP contribution in [0, 0.1) is 5.92 Å². The van der Waals surface area contributed by atoms with Crippen molar-refractivity contribution in [1.82, 2.24) is 4.90 Å². The fraction of sp³-hybridized carbons (Fsp3) is 0.909. The maximum absolute atomic E-state index is 11.8. The molecule has 1 aliphatic rings. The lowest BCUT2D eigenvalue weighted by atomic mass is 9.91. The number of amides is 1. The van der Waals surface area contributed by atoms with Crippen LogP contribution in [0.2, 0.25) is 0 Å². The first-order valence-electron chi connectivity index (χ1n) is 5.62. The van der Waals surface area contributed by atoms with Gasteiger partial charge >= 0.3 is 0 Å². The summed E-state index contributed by atoms with van der Waals surface area (Å²) in [5.41, 5.74) is 5.62. The first-order valence-corrected chi connectivity index (χ1v) is 5.62. The van der Waals surface area contributed by atoms with Crippen LogP contribution in [0.5, 0.6) is 0 Å². The Morgan fingerprint density at radius 1 is 1.57 bits per heavy atom. The minimum absolute atomic E-state index is 0.107. The van der Waals surface area contributed by atoms with E-state index in [-0.39, 0.29) is 11.9 Å². The summed E-state index contributed by atoms with van der Waals surface area (Å²) in [6.45, 7) is 6.98. The molecule has 2 unspecified atom stereocenters. The number of carbonyl (C=O) groups is 1. The van der Waals surface area contributed by atoms with E-state index in [9.17, 15) is 4.79 Å². The van der Waals surface area contributed by atoms with Crippen molar-refractivity contribution in [2.45, 2.75) is 52.1 Å². The molecule has 0 spiro atoms. The van der Waals surface area contributed by atoms with E-state index in [4.69, 9.17) is 5.73 Å². The molecular weight excluding hydrogens is 176 g/mol. The standard InChI is InChI=1S/C11H22N2O/c1-4-10-6-5-8(2)13(7-10)11(14)9(3)12/h8-10H,4-7,12H2,1-3H3/t8?,9-,10?/m1/s1. The minimum Gasteiger partial charge on any atom is -0.338 e. The van der Waals surface area contributed by atoms with Crippen molar-refractivity contribution in [2.24, 2.45) is 11.7 Å². The third-order valence-corrected chi connectivity index (χ3v) is 3.23. The topological polar surface area (TPSA) is 46.3 Å². The maximum atomic E-state index is 11.8. The fourth-order valence-corrected chi connectivity index (χ4v) is 2.08. The zero-order valence-corrected chi connectivity index (χ0v) is 9.49. The molecule has 1 saturated heterocycles. The van der Waals surface area contributed by atoms with Crippen LogP contribution < -0.4 is 5.73 Å². The Balaban J connectivity index is 2.60. The van der Waals surface area contributed by atoms with Crippen molar-refractivity contribution in [1.29, 1.82) is 0 Å². The Labute approximate surface area is 86.6 Å². The number of nitrogens with two attached hydrogens (primary N) is 1. The van der Waals surface area contributed by atoms with E-state index in [1.807, 2.05) is 4.90 Å². The van der Waals surface area contributed by atoms with Gasteiger partial charge in [0, 0.05) is 12.6 Å². The molecule has 3 nitrogen and oxygen atoms in total. The van der Waals surface area contributed by atoms with Crippen LogP contribution >= 0.6 is 0 Å². The van der Waals surface area contributed by atoms with Gasteiger partial charge in [-0.15, -0.1) is 0 Å². The average Bonchev–Trinajstić information content (AvgIpc) is 2.17. The molecule has 1 aliphatic heterocycles. The molecule has 0 saturated carbocycles. The van der Waals surface area contributed by atoms with Gasteiger partial charge in [0.1, 0.15) is 0 Å². The highest BCUT2D eigenvalue weighted by molar-refractivity contribution is 5.81. The lowest BCUT2D eigenvalue weighted by molar-refractivity contribution is -0.136. The smallest absolute Gasteiger partial charge is 0.239 e. The third kappa shape index (κ3) is 2.47. The summed E-state index contributed by atoms with van der Waals surface area (Å²) in [5, 5.41) is 0. The zero-order chi connectivity index (χ0) is 10.7. The van der Waals surface area contributed by atoms with Gasteiger partial charge in [0.05, 0.1) is 6.04 Å². The first kappa shape index (κ1) is 11.5. The van der Waals surface area contributed by atoms with Gasteiger partial charge in [0.25, 0.3) is 0 Å². The predicted molar refractivity (Wildman–Crippen MR) is 57.8 cm³/mol. The van der Waals surface area contributed by atoms with E-state index in [0.717, 1.165) is 19.4 Å². The molecule has 1 amide bonds. The molecule has 0 radical (unpaired) electrons. The molecule has 0 aromatic rings. The van der Waals surface area contributed by atoms with Crippen LogP contribution in [0.4, 0.5) is 0 Å². The molecule has 0 aromatic carbocycles. The van der Waals surface area contributed by atoms with Gasteiger partial charge in [-0.3, -0.25) is 4.79 Å². The number of hydrogen-bond donors (Lipinski definition) is 1. The van der Waals surface area contributed by atoms with Crippen LogP contribution in [0.25, 0.3) is 0 Å². The Hall–Kier alpha value is -0.570. The van der Waals surface area contributed by atoms with Crippen LogP contribution in [-0.2, 0) is 4.79 Å². The summed E-state index contributed by atoms with van der Waals surface area (Å²) >= 11 is 0. The highest BCUT2D eigenvalue weighted by Crippen LogP contribution is 2.24. The van der Waals surface area contributed by atoms with E-state index in [0.29, 0.717) is 12.0 Å². The van der Waals surface area contributed by atoms with Gasteiger partial charge in [0.2, 0.25) is 5.91 Å². The molecule has 0 aliphatic carbocycles. The highest BCUT2D eigenvalue weighted by atomic mass is 16.2. The van der Waals surface area contributed by atoms with Gasteiger partial charge in [-0.1, -0.05) is 13.3 Å². The normalized spacial score (nSPS) is 30.1. The van der Waals surface area contributed by atoms with Crippen molar-refractivity contribution in [3.63, 3.8) is 0 Å². The fourth-order valence-electron chi connectivity index (χ4n) is 2.08. The SMILES string of the molecule is CCC1CCC(C)N(C(=O)[C@@H](C)N)C1. The molecule has 0 aromatic heterocycles. The summed E-state index contributed by atoms with van der Waals surface area (Å²) in [4.78, 5) is 13.7. The van der Waals surface area contributed by atoms with E-state index in [2.05, 4.69) is 13.8 Å². The van der Waals surface area contributed by atoms with E-state index in [1.165, 1.54) is 6.42 Å². The first-order chi connectivity index (χ1) is 6.56. The number of rotatable bonds is 2. The molecule has 3 heteroatoms. The van der Waals surface area contributed by atoms with Crippen LogP contribution in [0.3, 0.4) is 0 Å². The van der Waals surface area contributed by atoms with Gasteiger partial charge in [-0.05, 0) is 32.6 Å². The average molecular weight is 198 g/mol. The van der Waals surface area contributed by atoms with Gasteiger partial charge in [-0.2, -0.15) is 0 Å². The molecule has 2 N–H and O–H groups in total. The molecule has 0 bridgehead atoms. The van der Waals surface area contributed by atoms with Gasteiger partial charge < -0.3 is 10.6 Å². The Bertz CT molecular complexity index is 203. The lowest BCUT2D eigenvalue weighted by Gasteiger charge is -2.38. The summed E-state index contributed by atoms with van der Waals surface area (Å²) in [6, 6.07) is 0.0179. The Morgan fingerprint density at radius 2 is 2.21 bits per heavy atom. The number of nitrogens with zero attached hydrogens (tertiary/aromatic N) is 1. The van der Waals surface area contributed by atoms with Crippen LogP contribution in [0.1, 0.15) is 40.0 Å². The van der Waals surface area contributed by atoms with Crippen molar-refractivity contribution >= 4 is 5.91 Å². The zero-order valence-electron chi connectivity index (χ0n) is 9.49. The maximum Gasteiger partial charge on any atom is 0.239 e.